The number of ether oxygens (including phenoxy) is 2. The molecule has 0 unspecified atom stereocenters. The van der Waals surface area contributed by atoms with Crippen LogP contribution < -0.4 is 9.47 Å². The Kier molecular flexibility index (Phi) is 9.33. The molecule has 4 nitrogen and oxygen atoms in total. The third-order valence-electron chi connectivity index (χ3n) is 6.34. The molecule has 32 heavy (non-hydrogen) atoms. The molecule has 0 bridgehead atoms. The number of unbranched alkanes of at least 4 members (excludes halogenated alkanes) is 4. The first kappa shape index (κ1) is 24.0. The molecule has 0 aromatic heterocycles. The Bertz CT molecular complexity index is 852. The van der Waals surface area contributed by atoms with Crippen molar-refractivity contribution >= 4 is 11.9 Å². The second-order valence-corrected chi connectivity index (χ2v) is 9.01. The first-order chi connectivity index (χ1) is 15.5. The quantitative estimate of drug-likeness (QED) is 0.226. The fourth-order valence-corrected chi connectivity index (χ4v) is 4.23. The van der Waals surface area contributed by atoms with E-state index >= 15 is 0 Å². The molecule has 0 N–H and O–H groups in total. The van der Waals surface area contributed by atoms with E-state index in [2.05, 4.69) is 19.1 Å². The number of hydrogen-bond donors (Lipinski definition) is 0. The van der Waals surface area contributed by atoms with Crippen LogP contribution in [0.25, 0.3) is 0 Å². The lowest BCUT2D eigenvalue weighted by molar-refractivity contribution is -0.145. The molecule has 2 aromatic rings. The minimum atomic E-state index is -0.203. The molecule has 0 saturated heterocycles. The van der Waals surface area contributed by atoms with Gasteiger partial charge in [0.1, 0.15) is 11.5 Å². The van der Waals surface area contributed by atoms with Crippen LogP contribution in [0.2, 0.25) is 0 Å². The Hall–Kier alpha value is -2.62. The van der Waals surface area contributed by atoms with Crippen LogP contribution in [0.4, 0.5) is 0 Å². The van der Waals surface area contributed by atoms with E-state index in [1.165, 1.54) is 37.7 Å². The first-order valence-corrected chi connectivity index (χ1v) is 12.1. The maximum atomic E-state index is 12.6. The second-order valence-electron chi connectivity index (χ2n) is 9.01. The number of carbonyl (C=O) groups excluding carboxylic acids is 2. The monoisotopic (exact) mass is 438 g/mol. The van der Waals surface area contributed by atoms with Crippen molar-refractivity contribution in [2.24, 2.45) is 11.8 Å². The minimum Gasteiger partial charge on any atom is -0.426 e. The molecule has 3 rings (SSSR count). The van der Waals surface area contributed by atoms with E-state index in [0.717, 1.165) is 12.0 Å². The summed E-state index contributed by atoms with van der Waals surface area (Å²) >= 11 is 0. The van der Waals surface area contributed by atoms with Gasteiger partial charge in [-0.1, -0.05) is 62.4 Å². The summed E-state index contributed by atoms with van der Waals surface area (Å²) < 4.78 is 11.1. The highest BCUT2D eigenvalue weighted by molar-refractivity contribution is 5.77. The zero-order valence-corrected chi connectivity index (χ0v) is 19.5. The lowest BCUT2D eigenvalue weighted by Gasteiger charge is -2.25. The minimum absolute atomic E-state index is 0. The molecule has 0 atom stereocenters. The van der Waals surface area contributed by atoms with Gasteiger partial charge in [0.25, 0.3) is 0 Å². The Balaban J connectivity index is 0.00000385. The molecule has 1 aliphatic carbocycles. The maximum Gasteiger partial charge on any atom is 0.314 e. The van der Waals surface area contributed by atoms with Gasteiger partial charge in [0.2, 0.25) is 0 Å². The highest BCUT2D eigenvalue weighted by Crippen LogP contribution is 2.31. The van der Waals surface area contributed by atoms with Crippen LogP contribution in [-0.2, 0) is 16.0 Å². The lowest BCUT2D eigenvalue weighted by Crippen LogP contribution is -2.30. The summed E-state index contributed by atoms with van der Waals surface area (Å²) in [5.41, 5.74) is 2.41. The summed E-state index contributed by atoms with van der Waals surface area (Å²) in [6.45, 7) is 4.22. The zero-order chi connectivity index (χ0) is 22.8. The van der Waals surface area contributed by atoms with Gasteiger partial charge in [-0.3, -0.25) is 9.59 Å². The van der Waals surface area contributed by atoms with E-state index in [1.807, 2.05) is 43.3 Å². The van der Waals surface area contributed by atoms with Crippen LogP contribution in [0.1, 0.15) is 77.3 Å². The van der Waals surface area contributed by atoms with Crippen molar-refractivity contribution in [3.63, 3.8) is 0 Å². The molecule has 0 amide bonds. The number of aryl methyl sites for hydroxylation is 2. The van der Waals surface area contributed by atoms with E-state index in [0.29, 0.717) is 37.2 Å². The molecular weight excluding hydrogens is 400 g/mol. The third-order valence-corrected chi connectivity index (χ3v) is 6.34. The Morgan fingerprint density at radius 2 is 1.22 bits per heavy atom. The van der Waals surface area contributed by atoms with Crippen LogP contribution in [-0.4, -0.2) is 11.9 Å². The molecule has 1 aliphatic rings. The highest BCUT2D eigenvalue weighted by atomic mass is 16.5. The number of hydrogen-bond acceptors (Lipinski definition) is 4. The van der Waals surface area contributed by atoms with Gasteiger partial charge >= 0.3 is 11.9 Å². The molecule has 0 radical (unpaired) electrons. The fraction of sp³-hybridized carbons (Fsp3) is 0.500. The van der Waals surface area contributed by atoms with Gasteiger partial charge in [-0.2, -0.15) is 0 Å². The molecule has 0 aliphatic heterocycles. The predicted molar refractivity (Wildman–Crippen MR) is 129 cm³/mol. The topological polar surface area (TPSA) is 52.6 Å². The van der Waals surface area contributed by atoms with Crippen LogP contribution in [0, 0.1) is 18.8 Å². The Morgan fingerprint density at radius 3 is 1.72 bits per heavy atom. The first-order valence-electron chi connectivity index (χ1n) is 12.1. The SMILES string of the molecule is CCCCCCCc1ccc(OC(=O)C2CCC(C(=O)Oc3ccc(C)cc3)CC2)cc1.[HH]. The molecule has 1 saturated carbocycles. The van der Waals surface area contributed by atoms with Crippen LogP contribution >= 0.6 is 0 Å². The standard InChI is InChI=1S/C28H36O4.H2/c1-3-4-5-6-7-8-22-11-19-26(20-12-22)32-28(30)24-15-13-23(14-16-24)27(29)31-25-17-9-21(2)10-18-25;/h9-12,17-20,23-24H,3-8,13-16H2,1-2H3;1H. The summed E-state index contributed by atoms with van der Waals surface area (Å²) in [4.78, 5) is 25.0. The van der Waals surface area contributed by atoms with E-state index in [-0.39, 0.29) is 25.2 Å². The fourth-order valence-electron chi connectivity index (χ4n) is 4.23. The van der Waals surface area contributed by atoms with Gasteiger partial charge in [0, 0.05) is 1.43 Å². The van der Waals surface area contributed by atoms with Crippen LogP contribution in [0.5, 0.6) is 11.5 Å². The van der Waals surface area contributed by atoms with Crippen molar-refractivity contribution in [3.8, 4) is 11.5 Å². The van der Waals surface area contributed by atoms with Crippen molar-refractivity contribution in [1.29, 1.82) is 0 Å². The molecular formula is C28H38O4. The molecule has 2 aromatic carbocycles. The normalized spacial score (nSPS) is 18.2. The van der Waals surface area contributed by atoms with E-state index in [1.54, 1.807) is 0 Å². The van der Waals surface area contributed by atoms with E-state index in [9.17, 15) is 9.59 Å². The molecule has 4 heteroatoms. The summed E-state index contributed by atoms with van der Waals surface area (Å²) in [6, 6.07) is 15.4. The molecule has 1 fully saturated rings. The van der Waals surface area contributed by atoms with Gasteiger partial charge in [0.05, 0.1) is 11.8 Å². The lowest BCUT2D eigenvalue weighted by atomic mass is 9.82. The largest absolute Gasteiger partial charge is 0.426 e. The van der Waals surface area contributed by atoms with E-state index in [4.69, 9.17) is 9.47 Å². The van der Waals surface area contributed by atoms with Gasteiger partial charge in [-0.05, 0) is 75.3 Å². The maximum absolute atomic E-state index is 12.6. The van der Waals surface area contributed by atoms with Gasteiger partial charge < -0.3 is 9.47 Å². The van der Waals surface area contributed by atoms with Gasteiger partial charge in [-0.25, -0.2) is 0 Å². The summed E-state index contributed by atoms with van der Waals surface area (Å²) in [5.74, 6) is 0.472. The average molecular weight is 439 g/mol. The smallest absolute Gasteiger partial charge is 0.314 e. The molecule has 174 valence electrons. The second kappa shape index (κ2) is 12.4. The van der Waals surface area contributed by atoms with Crippen molar-refractivity contribution < 1.29 is 20.5 Å². The van der Waals surface area contributed by atoms with Crippen molar-refractivity contribution in [2.75, 3.05) is 0 Å². The Labute approximate surface area is 193 Å². The number of benzene rings is 2. The summed E-state index contributed by atoms with van der Waals surface area (Å²) in [5, 5.41) is 0. The highest BCUT2D eigenvalue weighted by Gasteiger charge is 2.32. The van der Waals surface area contributed by atoms with Crippen molar-refractivity contribution in [3.05, 3.63) is 59.7 Å². The van der Waals surface area contributed by atoms with Gasteiger partial charge in [0.15, 0.2) is 0 Å². The third kappa shape index (κ3) is 7.51. The summed E-state index contributed by atoms with van der Waals surface area (Å²) in [7, 11) is 0. The van der Waals surface area contributed by atoms with Crippen molar-refractivity contribution in [1.82, 2.24) is 0 Å². The predicted octanol–water partition coefficient (Wildman–Crippen LogP) is 7.07. The van der Waals surface area contributed by atoms with E-state index < -0.39 is 0 Å². The molecule has 0 spiro atoms. The van der Waals surface area contributed by atoms with Crippen molar-refractivity contribution in [2.45, 2.75) is 78.1 Å². The summed E-state index contributed by atoms with van der Waals surface area (Å²) in [6.07, 6.45) is 10.0. The zero-order valence-electron chi connectivity index (χ0n) is 19.5. The Morgan fingerprint density at radius 1 is 0.750 bits per heavy atom. The van der Waals surface area contributed by atoms with Crippen LogP contribution in [0.15, 0.2) is 48.5 Å². The van der Waals surface area contributed by atoms with Crippen LogP contribution in [0.3, 0.4) is 0 Å². The number of rotatable bonds is 10. The van der Waals surface area contributed by atoms with Gasteiger partial charge in [-0.15, -0.1) is 0 Å². The number of esters is 2. The number of carbonyl (C=O) groups is 2. The average Bonchev–Trinajstić information content (AvgIpc) is 2.81. The molecule has 0 heterocycles.